The Morgan fingerprint density at radius 1 is 1.04 bits per heavy atom. The Morgan fingerprint density at radius 3 is 2.11 bits per heavy atom. The van der Waals surface area contributed by atoms with Crippen molar-refractivity contribution in [2.45, 2.75) is 64.9 Å². The molecule has 7 heteroatoms. The highest BCUT2D eigenvalue weighted by Gasteiger charge is 2.35. The van der Waals surface area contributed by atoms with Crippen LogP contribution in [0.3, 0.4) is 0 Å². The fraction of sp³-hybridized carbons (Fsp3) is 0.905. The zero-order chi connectivity index (χ0) is 19.4. The maximum Gasteiger partial charge on any atom is 0.410 e. The Labute approximate surface area is 187 Å². The number of halogens is 1. The topological polar surface area (TPSA) is 57.2 Å². The molecule has 2 atom stereocenters. The number of guanidine groups is 1. The summed E-state index contributed by atoms with van der Waals surface area (Å²) < 4.78 is 5.49. The van der Waals surface area contributed by atoms with Crippen LogP contribution in [-0.4, -0.2) is 67.2 Å². The summed E-state index contributed by atoms with van der Waals surface area (Å²) in [5.74, 6) is 3.40. The van der Waals surface area contributed by atoms with E-state index in [0.717, 1.165) is 50.3 Å². The Balaban J connectivity index is 0.00000280. The lowest BCUT2D eigenvalue weighted by atomic mass is 9.82. The van der Waals surface area contributed by atoms with Crippen LogP contribution in [0.2, 0.25) is 0 Å². The summed E-state index contributed by atoms with van der Waals surface area (Å²) in [6.45, 7) is 10.6. The molecule has 28 heavy (non-hydrogen) atoms. The van der Waals surface area contributed by atoms with Gasteiger partial charge in [0, 0.05) is 39.8 Å². The Hall–Kier alpha value is -0.730. The molecule has 2 aliphatic heterocycles. The minimum atomic E-state index is -0.422. The molecule has 0 radical (unpaired) electrons. The first-order valence-electron chi connectivity index (χ1n) is 10.8. The summed E-state index contributed by atoms with van der Waals surface area (Å²) in [6.07, 6.45) is 7.45. The van der Waals surface area contributed by atoms with Crippen molar-refractivity contribution in [3.63, 3.8) is 0 Å². The van der Waals surface area contributed by atoms with E-state index in [-0.39, 0.29) is 30.1 Å². The van der Waals surface area contributed by atoms with Crippen molar-refractivity contribution in [1.29, 1.82) is 0 Å². The van der Waals surface area contributed by atoms with Crippen molar-refractivity contribution in [2.24, 2.45) is 22.7 Å². The number of nitrogens with one attached hydrogen (secondary N) is 1. The number of piperidine rings is 1. The zero-order valence-electron chi connectivity index (χ0n) is 18.1. The third kappa shape index (κ3) is 6.39. The molecule has 1 N–H and O–H groups in total. The van der Waals surface area contributed by atoms with Crippen molar-refractivity contribution in [1.82, 2.24) is 15.1 Å². The molecule has 0 spiro atoms. The first-order valence-corrected chi connectivity index (χ1v) is 10.8. The van der Waals surface area contributed by atoms with E-state index >= 15 is 0 Å². The third-order valence-electron chi connectivity index (χ3n) is 6.30. The van der Waals surface area contributed by atoms with Crippen LogP contribution in [0.5, 0.6) is 0 Å². The standard InChI is InChI=1S/C21H38N4O2.HI/c1-21(2,3)27-20(26)24-11-9-16(10-12-24)13-23-19(22-4)25-14-17-7-5-6-8-18(17)15-25;/h16-18H,5-15H2,1-4H3,(H,22,23);1H. The van der Waals surface area contributed by atoms with Crippen molar-refractivity contribution < 1.29 is 9.53 Å². The van der Waals surface area contributed by atoms with Gasteiger partial charge in [0.25, 0.3) is 0 Å². The Kier molecular flexibility index (Phi) is 8.70. The summed E-state index contributed by atoms with van der Waals surface area (Å²) >= 11 is 0. The second-order valence-corrected chi connectivity index (χ2v) is 9.55. The Morgan fingerprint density at radius 2 is 1.61 bits per heavy atom. The third-order valence-corrected chi connectivity index (χ3v) is 6.30. The maximum absolute atomic E-state index is 12.2. The summed E-state index contributed by atoms with van der Waals surface area (Å²) in [4.78, 5) is 21.1. The van der Waals surface area contributed by atoms with Crippen molar-refractivity contribution >= 4 is 36.0 Å². The van der Waals surface area contributed by atoms with Crippen LogP contribution in [0.1, 0.15) is 59.3 Å². The highest BCUT2D eigenvalue weighted by molar-refractivity contribution is 14.0. The summed E-state index contributed by atoms with van der Waals surface area (Å²) in [5.41, 5.74) is -0.422. The number of hydrogen-bond donors (Lipinski definition) is 1. The monoisotopic (exact) mass is 506 g/mol. The number of carbonyl (C=O) groups is 1. The molecule has 1 saturated carbocycles. The van der Waals surface area contributed by atoms with Gasteiger partial charge in [0.2, 0.25) is 0 Å². The molecule has 0 aromatic rings. The number of likely N-dealkylation sites (tertiary alicyclic amines) is 2. The number of ether oxygens (including phenoxy) is 1. The number of amides is 1. The van der Waals surface area contributed by atoms with Gasteiger partial charge in [-0.2, -0.15) is 0 Å². The minimum absolute atomic E-state index is 0. The lowest BCUT2D eigenvalue weighted by molar-refractivity contribution is 0.0185. The van der Waals surface area contributed by atoms with Gasteiger partial charge in [-0.05, 0) is 64.2 Å². The van der Waals surface area contributed by atoms with Crippen LogP contribution in [0, 0.1) is 17.8 Å². The molecule has 3 aliphatic rings. The largest absolute Gasteiger partial charge is 0.444 e. The fourth-order valence-electron chi connectivity index (χ4n) is 4.79. The van der Waals surface area contributed by atoms with Gasteiger partial charge >= 0.3 is 6.09 Å². The summed E-state index contributed by atoms with van der Waals surface area (Å²) in [5, 5.41) is 3.61. The van der Waals surface area contributed by atoms with Crippen LogP contribution in [-0.2, 0) is 4.74 Å². The second kappa shape index (κ2) is 10.3. The van der Waals surface area contributed by atoms with Crippen LogP contribution in [0.15, 0.2) is 4.99 Å². The average Bonchev–Trinajstić information content (AvgIpc) is 3.05. The van der Waals surface area contributed by atoms with Gasteiger partial charge in [0.15, 0.2) is 5.96 Å². The van der Waals surface area contributed by atoms with Gasteiger partial charge in [-0.15, -0.1) is 24.0 Å². The van der Waals surface area contributed by atoms with E-state index in [2.05, 4.69) is 15.2 Å². The molecular formula is C21H39IN4O2. The van der Waals surface area contributed by atoms with Gasteiger partial charge in [0.1, 0.15) is 5.60 Å². The molecule has 1 aliphatic carbocycles. The van der Waals surface area contributed by atoms with Gasteiger partial charge in [-0.3, -0.25) is 4.99 Å². The van der Waals surface area contributed by atoms with Gasteiger partial charge in [-0.25, -0.2) is 4.79 Å². The predicted octanol–water partition coefficient (Wildman–Crippen LogP) is 3.95. The smallest absolute Gasteiger partial charge is 0.410 e. The minimum Gasteiger partial charge on any atom is -0.444 e. The Bertz CT molecular complexity index is 527. The number of nitrogens with zero attached hydrogens (tertiary/aromatic N) is 3. The van der Waals surface area contributed by atoms with Crippen LogP contribution < -0.4 is 5.32 Å². The predicted molar refractivity (Wildman–Crippen MR) is 124 cm³/mol. The van der Waals surface area contributed by atoms with Crippen LogP contribution >= 0.6 is 24.0 Å². The summed E-state index contributed by atoms with van der Waals surface area (Å²) in [6, 6.07) is 0. The van der Waals surface area contributed by atoms with Crippen molar-refractivity contribution in [2.75, 3.05) is 39.8 Å². The van der Waals surface area contributed by atoms with E-state index in [4.69, 9.17) is 4.74 Å². The molecule has 2 heterocycles. The molecule has 0 bridgehead atoms. The normalized spacial score (nSPS) is 26.5. The number of fused-ring (bicyclic) bond motifs is 1. The highest BCUT2D eigenvalue weighted by Crippen LogP contribution is 2.36. The molecule has 0 aromatic heterocycles. The number of carbonyl (C=O) groups excluding carboxylic acids is 1. The molecule has 2 unspecified atom stereocenters. The molecule has 3 fully saturated rings. The highest BCUT2D eigenvalue weighted by atomic mass is 127. The van der Waals surface area contributed by atoms with Gasteiger partial charge < -0.3 is 19.9 Å². The fourth-order valence-corrected chi connectivity index (χ4v) is 4.79. The van der Waals surface area contributed by atoms with Gasteiger partial charge in [0.05, 0.1) is 0 Å². The van der Waals surface area contributed by atoms with E-state index in [1.54, 1.807) is 0 Å². The number of hydrogen-bond acceptors (Lipinski definition) is 3. The summed E-state index contributed by atoms with van der Waals surface area (Å²) in [7, 11) is 1.90. The average molecular weight is 506 g/mol. The number of rotatable bonds is 2. The first kappa shape index (κ1) is 23.5. The quantitative estimate of drug-likeness (QED) is 0.350. The van der Waals surface area contributed by atoms with E-state index < -0.39 is 5.60 Å². The SMILES string of the molecule is CN=C(NCC1CCN(C(=O)OC(C)(C)C)CC1)N1CC2CCCCC2C1.I. The van der Waals surface area contributed by atoms with E-state index in [9.17, 15) is 4.79 Å². The molecule has 2 saturated heterocycles. The first-order chi connectivity index (χ1) is 12.9. The molecule has 3 rings (SSSR count). The number of aliphatic imine (C=N–C) groups is 1. The second-order valence-electron chi connectivity index (χ2n) is 9.55. The van der Waals surface area contributed by atoms with E-state index in [1.165, 1.54) is 38.8 Å². The molecule has 0 aromatic carbocycles. The molecule has 1 amide bonds. The molecule has 162 valence electrons. The van der Waals surface area contributed by atoms with Crippen molar-refractivity contribution in [3.05, 3.63) is 0 Å². The molecule has 6 nitrogen and oxygen atoms in total. The van der Waals surface area contributed by atoms with Gasteiger partial charge in [-0.1, -0.05) is 12.8 Å². The zero-order valence-corrected chi connectivity index (χ0v) is 20.4. The molecular weight excluding hydrogens is 467 g/mol. The van der Waals surface area contributed by atoms with E-state index in [0.29, 0.717) is 5.92 Å². The maximum atomic E-state index is 12.2. The lowest BCUT2D eigenvalue weighted by Gasteiger charge is -2.34. The van der Waals surface area contributed by atoms with Crippen molar-refractivity contribution in [3.8, 4) is 0 Å². The van der Waals surface area contributed by atoms with E-state index in [1.807, 2.05) is 32.7 Å². The van der Waals surface area contributed by atoms with Crippen LogP contribution in [0.4, 0.5) is 4.79 Å². The van der Waals surface area contributed by atoms with Crippen LogP contribution in [0.25, 0.3) is 0 Å². The lowest BCUT2D eigenvalue weighted by Crippen LogP contribution is -2.46.